The van der Waals surface area contributed by atoms with E-state index in [1.807, 2.05) is 6.07 Å². The zero-order valence-electron chi connectivity index (χ0n) is 11.9. The van der Waals surface area contributed by atoms with Crippen LogP contribution in [0.4, 0.5) is 0 Å². The average Bonchev–Trinajstić information content (AvgIpc) is 2.70. The van der Waals surface area contributed by atoms with E-state index in [0.717, 1.165) is 30.9 Å². The predicted octanol–water partition coefficient (Wildman–Crippen LogP) is 1.36. The summed E-state index contributed by atoms with van der Waals surface area (Å²) in [4.78, 5) is 12.1. The van der Waals surface area contributed by atoms with Gasteiger partial charge in [-0.1, -0.05) is 6.07 Å². The molecular formula is C15H21ClN2O2. The van der Waals surface area contributed by atoms with Crippen LogP contribution >= 0.6 is 12.4 Å². The number of carbonyl (C=O) groups excluding carboxylic acids is 1. The lowest BCUT2D eigenvalue weighted by Gasteiger charge is -2.27. The average molecular weight is 297 g/mol. The van der Waals surface area contributed by atoms with E-state index in [9.17, 15) is 4.79 Å². The van der Waals surface area contributed by atoms with Crippen LogP contribution in [0.1, 0.15) is 16.7 Å². The molecule has 0 spiro atoms. The highest BCUT2D eigenvalue weighted by molar-refractivity contribution is 5.85. The van der Waals surface area contributed by atoms with Gasteiger partial charge in [-0.3, -0.25) is 4.79 Å². The van der Waals surface area contributed by atoms with Gasteiger partial charge in [-0.15, -0.1) is 12.4 Å². The molecule has 2 aliphatic heterocycles. The molecule has 1 atom stereocenters. The van der Waals surface area contributed by atoms with Crippen LogP contribution in [0.2, 0.25) is 0 Å². The maximum atomic E-state index is 12.1. The van der Waals surface area contributed by atoms with Crippen molar-refractivity contribution in [3.8, 4) is 5.75 Å². The van der Waals surface area contributed by atoms with Crippen molar-refractivity contribution in [3.63, 3.8) is 0 Å². The molecule has 0 saturated carbocycles. The first kappa shape index (κ1) is 15.1. The molecule has 1 aromatic rings. The highest BCUT2D eigenvalue weighted by Crippen LogP contribution is 2.31. The fraction of sp³-hybridized carbons (Fsp3) is 0.533. The second-order valence-corrected chi connectivity index (χ2v) is 5.62. The van der Waals surface area contributed by atoms with E-state index in [1.165, 1.54) is 11.1 Å². The van der Waals surface area contributed by atoms with Crippen molar-refractivity contribution in [3.05, 3.63) is 28.8 Å². The van der Waals surface area contributed by atoms with Crippen LogP contribution in [-0.2, 0) is 11.2 Å². The van der Waals surface area contributed by atoms with Gasteiger partial charge in [-0.25, -0.2) is 0 Å². The van der Waals surface area contributed by atoms with Crippen LogP contribution in [0.3, 0.4) is 0 Å². The largest absolute Gasteiger partial charge is 0.480 e. The maximum absolute atomic E-state index is 12.1. The summed E-state index contributed by atoms with van der Waals surface area (Å²) in [6.07, 6.45) is 0.329. The Labute approximate surface area is 125 Å². The van der Waals surface area contributed by atoms with Crippen LogP contribution in [0.15, 0.2) is 12.1 Å². The predicted molar refractivity (Wildman–Crippen MR) is 80.7 cm³/mol. The summed E-state index contributed by atoms with van der Waals surface area (Å²) in [5, 5.41) is 6.19. The van der Waals surface area contributed by atoms with Crippen LogP contribution in [0, 0.1) is 19.8 Å². The number of hydrogen-bond donors (Lipinski definition) is 2. The van der Waals surface area contributed by atoms with Gasteiger partial charge in [0.2, 0.25) is 0 Å². The SMILES string of the molecule is Cc1cc2c(cc1C)OC(C(=O)NCC1CNC1)C2.Cl. The summed E-state index contributed by atoms with van der Waals surface area (Å²) in [5.74, 6) is 1.46. The zero-order chi connectivity index (χ0) is 13.4. The summed E-state index contributed by atoms with van der Waals surface area (Å²) < 4.78 is 5.76. The van der Waals surface area contributed by atoms with Crippen molar-refractivity contribution in [1.29, 1.82) is 0 Å². The van der Waals surface area contributed by atoms with Crippen LogP contribution < -0.4 is 15.4 Å². The molecule has 1 amide bonds. The molecule has 0 bridgehead atoms. The normalized spacial score (nSPS) is 20.4. The van der Waals surface area contributed by atoms with Crippen molar-refractivity contribution in [2.45, 2.75) is 26.4 Å². The van der Waals surface area contributed by atoms with E-state index in [1.54, 1.807) is 0 Å². The zero-order valence-corrected chi connectivity index (χ0v) is 12.7. The summed E-state index contributed by atoms with van der Waals surface area (Å²) >= 11 is 0. The molecule has 2 aliphatic rings. The lowest BCUT2D eigenvalue weighted by Crippen LogP contribution is -2.50. The molecule has 0 aliphatic carbocycles. The summed E-state index contributed by atoms with van der Waals surface area (Å²) in [7, 11) is 0. The molecule has 1 fully saturated rings. The second-order valence-electron chi connectivity index (χ2n) is 5.62. The molecular weight excluding hydrogens is 276 g/mol. The first-order chi connectivity index (χ1) is 9.13. The third-order valence-corrected chi connectivity index (χ3v) is 4.07. The van der Waals surface area contributed by atoms with Gasteiger partial charge >= 0.3 is 0 Å². The van der Waals surface area contributed by atoms with E-state index in [-0.39, 0.29) is 24.4 Å². The van der Waals surface area contributed by atoms with Crippen molar-refractivity contribution in [2.75, 3.05) is 19.6 Å². The van der Waals surface area contributed by atoms with Crippen LogP contribution in [-0.4, -0.2) is 31.6 Å². The smallest absolute Gasteiger partial charge is 0.261 e. The quantitative estimate of drug-likeness (QED) is 0.886. The van der Waals surface area contributed by atoms with Gasteiger partial charge in [-0.2, -0.15) is 0 Å². The van der Waals surface area contributed by atoms with Gasteiger partial charge in [0.25, 0.3) is 5.91 Å². The molecule has 1 unspecified atom stereocenters. The van der Waals surface area contributed by atoms with Crippen molar-refractivity contribution >= 4 is 18.3 Å². The Balaban J connectivity index is 0.00000147. The van der Waals surface area contributed by atoms with Crippen LogP contribution in [0.5, 0.6) is 5.75 Å². The maximum Gasteiger partial charge on any atom is 0.261 e. The van der Waals surface area contributed by atoms with Gasteiger partial charge < -0.3 is 15.4 Å². The first-order valence-corrected chi connectivity index (χ1v) is 6.88. The standard InChI is InChI=1S/C15H20N2O2.ClH/c1-9-3-12-5-14(19-13(12)4-10(9)2)15(18)17-8-11-6-16-7-11;/h3-4,11,14,16H,5-8H2,1-2H3,(H,17,18);1H. The number of ether oxygens (including phenoxy) is 1. The number of aryl methyl sites for hydroxylation is 2. The van der Waals surface area contributed by atoms with Crippen molar-refractivity contribution in [2.24, 2.45) is 5.92 Å². The number of nitrogens with one attached hydrogen (secondary N) is 2. The Morgan fingerprint density at radius 1 is 1.35 bits per heavy atom. The topological polar surface area (TPSA) is 50.4 Å². The highest BCUT2D eigenvalue weighted by Gasteiger charge is 2.30. The molecule has 110 valence electrons. The summed E-state index contributed by atoms with van der Waals surface area (Å²) in [5.41, 5.74) is 3.61. The van der Waals surface area contributed by atoms with E-state index >= 15 is 0 Å². The lowest BCUT2D eigenvalue weighted by molar-refractivity contribution is -0.127. The Morgan fingerprint density at radius 3 is 2.70 bits per heavy atom. The first-order valence-electron chi connectivity index (χ1n) is 6.88. The monoisotopic (exact) mass is 296 g/mol. The molecule has 4 nitrogen and oxygen atoms in total. The number of carbonyl (C=O) groups is 1. The Bertz CT molecular complexity index is 484. The molecule has 1 saturated heterocycles. The number of halogens is 1. The van der Waals surface area contributed by atoms with E-state index in [2.05, 4.69) is 30.5 Å². The minimum atomic E-state index is -0.357. The molecule has 0 aromatic heterocycles. The molecule has 2 N–H and O–H groups in total. The second kappa shape index (κ2) is 6.02. The molecule has 1 aromatic carbocycles. The molecule has 3 rings (SSSR count). The third kappa shape index (κ3) is 2.91. The number of fused-ring (bicyclic) bond motifs is 1. The van der Waals surface area contributed by atoms with E-state index in [0.29, 0.717) is 12.3 Å². The number of amides is 1. The van der Waals surface area contributed by atoms with Gasteiger partial charge in [0, 0.05) is 32.0 Å². The number of benzene rings is 1. The Hall–Kier alpha value is -1.26. The Morgan fingerprint density at radius 2 is 2.05 bits per heavy atom. The summed E-state index contributed by atoms with van der Waals surface area (Å²) in [6, 6.07) is 4.17. The molecule has 20 heavy (non-hydrogen) atoms. The van der Waals surface area contributed by atoms with E-state index < -0.39 is 0 Å². The minimum absolute atomic E-state index is 0. The fourth-order valence-corrected chi connectivity index (χ4v) is 2.51. The lowest BCUT2D eigenvalue weighted by atomic mass is 10.0. The summed E-state index contributed by atoms with van der Waals surface area (Å²) in [6.45, 7) is 6.91. The van der Waals surface area contributed by atoms with Gasteiger partial charge in [-0.05, 0) is 36.6 Å². The van der Waals surface area contributed by atoms with E-state index in [4.69, 9.17) is 4.74 Å². The number of rotatable bonds is 3. The van der Waals surface area contributed by atoms with Gasteiger partial charge in [0.15, 0.2) is 6.10 Å². The number of hydrogen-bond acceptors (Lipinski definition) is 3. The highest BCUT2D eigenvalue weighted by atomic mass is 35.5. The third-order valence-electron chi connectivity index (χ3n) is 4.07. The fourth-order valence-electron chi connectivity index (χ4n) is 2.51. The minimum Gasteiger partial charge on any atom is -0.480 e. The molecule has 0 radical (unpaired) electrons. The molecule has 2 heterocycles. The van der Waals surface area contributed by atoms with Gasteiger partial charge in [0.05, 0.1) is 0 Å². The molecule has 5 heteroatoms. The Kier molecular flexibility index (Phi) is 4.55. The van der Waals surface area contributed by atoms with Crippen molar-refractivity contribution < 1.29 is 9.53 Å². The van der Waals surface area contributed by atoms with Crippen molar-refractivity contribution in [1.82, 2.24) is 10.6 Å². The van der Waals surface area contributed by atoms with Crippen LogP contribution in [0.25, 0.3) is 0 Å². The van der Waals surface area contributed by atoms with Gasteiger partial charge in [0.1, 0.15) is 5.75 Å².